The first-order chi connectivity index (χ1) is 11.6. The molecule has 7 heteroatoms. The number of fused-ring (bicyclic) bond motifs is 1. The van der Waals surface area contributed by atoms with E-state index in [0.29, 0.717) is 36.5 Å². The zero-order valence-electron chi connectivity index (χ0n) is 13.3. The number of benzene rings is 1. The van der Waals surface area contributed by atoms with Crippen LogP contribution in [0.2, 0.25) is 0 Å². The van der Waals surface area contributed by atoms with E-state index in [1.807, 2.05) is 0 Å². The molecule has 2 aromatic rings. The Kier molecular flexibility index (Phi) is 4.59. The molecule has 0 saturated heterocycles. The highest BCUT2D eigenvalue weighted by Crippen LogP contribution is 2.31. The van der Waals surface area contributed by atoms with Crippen LogP contribution in [0.1, 0.15) is 24.2 Å². The van der Waals surface area contributed by atoms with Crippen molar-refractivity contribution >= 4 is 11.9 Å². The van der Waals surface area contributed by atoms with E-state index in [9.17, 15) is 14.0 Å². The lowest BCUT2D eigenvalue weighted by Crippen LogP contribution is -2.35. The van der Waals surface area contributed by atoms with Crippen LogP contribution in [0.15, 0.2) is 28.8 Å². The second kappa shape index (κ2) is 6.82. The number of amides is 1. The number of carbonyl (C=O) groups is 2. The summed E-state index contributed by atoms with van der Waals surface area (Å²) in [7, 11) is 1.29. The highest BCUT2D eigenvalue weighted by molar-refractivity contribution is 5.81. The van der Waals surface area contributed by atoms with Crippen LogP contribution in [0.4, 0.5) is 4.39 Å². The van der Waals surface area contributed by atoms with Crippen molar-refractivity contribution in [2.24, 2.45) is 0 Å². The molecule has 126 valence electrons. The van der Waals surface area contributed by atoms with E-state index in [1.54, 1.807) is 23.1 Å². The summed E-state index contributed by atoms with van der Waals surface area (Å²) in [6.07, 6.45) is 0.644. The minimum absolute atomic E-state index is 0.0441. The molecule has 1 aliphatic rings. The van der Waals surface area contributed by atoms with Gasteiger partial charge in [-0.15, -0.1) is 0 Å². The van der Waals surface area contributed by atoms with Gasteiger partial charge in [0.25, 0.3) is 0 Å². The minimum atomic E-state index is -0.418. The molecule has 1 aromatic heterocycles. The molecule has 1 aromatic carbocycles. The number of esters is 1. The lowest BCUT2D eigenvalue weighted by atomic mass is 10.0. The van der Waals surface area contributed by atoms with E-state index in [0.717, 1.165) is 5.56 Å². The molecule has 0 N–H and O–H groups in total. The van der Waals surface area contributed by atoms with Gasteiger partial charge in [0.05, 0.1) is 20.1 Å². The number of hydrogen-bond acceptors (Lipinski definition) is 5. The number of nitrogens with zero attached hydrogens (tertiary/aromatic N) is 2. The second-order valence-electron chi connectivity index (χ2n) is 5.55. The first-order valence-corrected chi connectivity index (χ1v) is 7.67. The molecule has 0 bridgehead atoms. The highest BCUT2D eigenvalue weighted by Gasteiger charge is 2.28. The Hall–Kier alpha value is -2.70. The van der Waals surface area contributed by atoms with Gasteiger partial charge in [-0.3, -0.25) is 9.59 Å². The topological polar surface area (TPSA) is 72.6 Å². The summed E-state index contributed by atoms with van der Waals surface area (Å²) in [5.41, 5.74) is 1.50. The monoisotopic (exact) mass is 332 g/mol. The average Bonchev–Trinajstić information content (AvgIpc) is 3.02. The Morgan fingerprint density at radius 2 is 2.12 bits per heavy atom. The van der Waals surface area contributed by atoms with Crippen molar-refractivity contribution < 1.29 is 23.2 Å². The van der Waals surface area contributed by atoms with Crippen molar-refractivity contribution in [2.75, 3.05) is 13.7 Å². The summed E-state index contributed by atoms with van der Waals surface area (Å²) in [5.74, 6) is -0.280. The third-order valence-electron chi connectivity index (χ3n) is 4.08. The predicted octanol–water partition coefficient (Wildman–Crippen LogP) is 2.32. The van der Waals surface area contributed by atoms with E-state index in [1.165, 1.54) is 13.2 Å². The number of carbonyl (C=O) groups excluding carboxylic acids is 2. The molecule has 0 aliphatic carbocycles. The predicted molar refractivity (Wildman–Crippen MR) is 82.3 cm³/mol. The van der Waals surface area contributed by atoms with E-state index < -0.39 is 5.97 Å². The summed E-state index contributed by atoms with van der Waals surface area (Å²) < 4.78 is 23.9. The van der Waals surface area contributed by atoms with Crippen molar-refractivity contribution in [3.05, 3.63) is 41.4 Å². The Balaban J connectivity index is 1.78. The number of methoxy groups -OCH3 is 1. The van der Waals surface area contributed by atoms with Crippen LogP contribution in [0.25, 0.3) is 11.3 Å². The molecule has 24 heavy (non-hydrogen) atoms. The Morgan fingerprint density at radius 1 is 1.33 bits per heavy atom. The number of rotatable bonds is 4. The molecule has 0 radical (unpaired) electrons. The lowest BCUT2D eigenvalue weighted by Gasteiger charge is -2.26. The first kappa shape index (κ1) is 16.2. The maximum atomic E-state index is 14.0. The number of ether oxygens (including phenoxy) is 1. The molecular formula is C17H17FN2O4. The second-order valence-corrected chi connectivity index (χ2v) is 5.55. The summed E-state index contributed by atoms with van der Waals surface area (Å²) >= 11 is 0. The Labute approximate surface area is 138 Å². The third-order valence-corrected chi connectivity index (χ3v) is 4.08. The quantitative estimate of drug-likeness (QED) is 0.804. The first-order valence-electron chi connectivity index (χ1n) is 7.67. The largest absolute Gasteiger partial charge is 0.469 e. The summed E-state index contributed by atoms with van der Waals surface area (Å²) in [6, 6.07) is 6.32. The van der Waals surface area contributed by atoms with Crippen LogP contribution in [0, 0.1) is 5.82 Å². The minimum Gasteiger partial charge on any atom is -0.469 e. The van der Waals surface area contributed by atoms with Gasteiger partial charge in [-0.05, 0) is 12.1 Å². The molecule has 0 unspecified atom stereocenters. The maximum absolute atomic E-state index is 14.0. The molecule has 2 heterocycles. The molecule has 0 atom stereocenters. The Bertz CT molecular complexity index is 772. The maximum Gasteiger partial charge on any atom is 0.306 e. The molecule has 0 saturated carbocycles. The standard InChI is InChI=1S/C17H17FN2O4/c1-23-16(22)7-6-15(21)20-9-8-14-12(10-20)17(19-24-14)11-4-2-3-5-13(11)18/h2-5H,6-10H2,1H3. The average molecular weight is 332 g/mol. The molecule has 1 amide bonds. The van der Waals surface area contributed by atoms with Crippen LogP contribution in [-0.4, -0.2) is 35.6 Å². The fourth-order valence-corrected chi connectivity index (χ4v) is 2.76. The van der Waals surface area contributed by atoms with Crippen molar-refractivity contribution in [3.63, 3.8) is 0 Å². The van der Waals surface area contributed by atoms with Gasteiger partial charge in [-0.2, -0.15) is 0 Å². The van der Waals surface area contributed by atoms with Crippen LogP contribution < -0.4 is 0 Å². The fourth-order valence-electron chi connectivity index (χ4n) is 2.76. The van der Waals surface area contributed by atoms with Crippen molar-refractivity contribution in [1.82, 2.24) is 10.1 Å². The third kappa shape index (κ3) is 3.15. The lowest BCUT2D eigenvalue weighted by molar-refractivity contribution is -0.143. The van der Waals surface area contributed by atoms with Gasteiger partial charge < -0.3 is 14.2 Å². The zero-order valence-corrected chi connectivity index (χ0v) is 13.3. The Morgan fingerprint density at radius 3 is 2.88 bits per heavy atom. The smallest absolute Gasteiger partial charge is 0.306 e. The van der Waals surface area contributed by atoms with E-state index in [2.05, 4.69) is 9.89 Å². The summed E-state index contributed by atoms with van der Waals surface area (Å²) in [5, 5.41) is 3.98. The molecule has 0 spiro atoms. The van der Waals surface area contributed by atoms with E-state index in [4.69, 9.17) is 4.52 Å². The summed E-state index contributed by atoms with van der Waals surface area (Å²) in [4.78, 5) is 25.1. The molecule has 1 aliphatic heterocycles. The number of aromatic nitrogens is 1. The van der Waals surface area contributed by atoms with Crippen molar-refractivity contribution in [1.29, 1.82) is 0 Å². The number of halogens is 1. The van der Waals surface area contributed by atoms with Gasteiger partial charge in [-0.25, -0.2) is 4.39 Å². The van der Waals surface area contributed by atoms with E-state index in [-0.39, 0.29) is 24.6 Å². The van der Waals surface area contributed by atoms with Gasteiger partial charge in [0.1, 0.15) is 17.3 Å². The van der Waals surface area contributed by atoms with Gasteiger partial charge >= 0.3 is 5.97 Å². The zero-order chi connectivity index (χ0) is 17.1. The molecule has 6 nitrogen and oxygen atoms in total. The van der Waals surface area contributed by atoms with Crippen LogP contribution in [0.5, 0.6) is 0 Å². The van der Waals surface area contributed by atoms with E-state index >= 15 is 0 Å². The van der Waals surface area contributed by atoms with Crippen LogP contribution in [-0.2, 0) is 27.3 Å². The normalized spacial score (nSPS) is 13.5. The van der Waals surface area contributed by atoms with Gasteiger partial charge in [0.2, 0.25) is 5.91 Å². The van der Waals surface area contributed by atoms with Gasteiger partial charge in [0, 0.05) is 30.5 Å². The SMILES string of the molecule is COC(=O)CCC(=O)N1CCc2onc(-c3ccccc3F)c2C1. The van der Waals surface area contributed by atoms with Crippen molar-refractivity contribution in [3.8, 4) is 11.3 Å². The van der Waals surface area contributed by atoms with Crippen molar-refractivity contribution in [2.45, 2.75) is 25.8 Å². The van der Waals surface area contributed by atoms with Crippen LogP contribution >= 0.6 is 0 Å². The fraction of sp³-hybridized carbons (Fsp3) is 0.353. The van der Waals surface area contributed by atoms with Gasteiger partial charge in [-0.1, -0.05) is 17.3 Å². The molecule has 0 fully saturated rings. The summed E-state index contributed by atoms with van der Waals surface area (Å²) in [6.45, 7) is 0.779. The molecule has 3 rings (SSSR count). The highest BCUT2D eigenvalue weighted by atomic mass is 19.1. The van der Waals surface area contributed by atoms with Gasteiger partial charge in [0.15, 0.2) is 0 Å². The number of hydrogen-bond donors (Lipinski definition) is 0. The molecular weight excluding hydrogens is 315 g/mol. The van der Waals surface area contributed by atoms with Crippen LogP contribution in [0.3, 0.4) is 0 Å².